The van der Waals surface area contributed by atoms with Crippen molar-refractivity contribution < 1.29 is 24.2 Å². The van der Waals surface area contributed by atoms with Crippen LogP contribution in [0.25, 0.3) is 0 Å². The van der Waals surface area contributed by atoms with Gasteiger partial charge in [-0.25, -0.2) is 0 Å². The maximum absolute atomic E-state index is 12.8. The van der Waals surface area contributed by atoms with E-state index in [0.29, 0.717) is 19.3 Å². The molecule has 0 fully saturated rings. The summed E-state index contributed by atoms with van der Waals surface area (Å²) in [6.07, 6.45) is 62.5. The highest BCUT2D eigenvalue weighted by molar-refractivity contribution is 5.80. The topological polar surface area (TPSA) is 92.7 Å². The van der Waals surface area contributed by atoms with E-state index in [0.717, 1.165) is 116 Å². The fourth-order valence-corrected chi connectivity index (χ4v) is 5.98. The minimum absolute atomic E-state index is 0.0442. The van der Waals surface area contributed by atoms with Crippen molar-refractivity contribution in [1.29, 1.82) is 0 Å². The van der Waals surface area contributed by atoms with Gasteiger partial charge in [0.2, 0.25) is 5.91 Å². The Bertz CT molecular complexity index is 1170. The van der Waals surface area contributed by atoms with Crippen LogP contribution in [0.5, 0.6) is 0 Å². The molecule has 1 atom stereocenters. The van der Waals surface area contributed by atoms with Crippen molar-refractivity contribution in [2.75, 3.05) is 6.54 Å². The molecule has 0 saturated carbocycles. The lowest BCUT2D eigenvalue weighted by atomic mass is 10.0. The summed E-state index contributed by atoms with van der Waals surface area (Å²) in [6, 6.07) is 0. The predicted molar refractivity (Wildman–Crippen MR) is 240 cm³/mol. The van der Waals surface area contributed by atoms with E-state index in [-0.39, 0.29) is 24.5 Å². The molecule has 1 amide bonds. The molecule has 0 aliphatic rings. The zero-order chi connectivity index (χ0) is 40.8. The molecule has 0 aliphatic heterocycles. The number of esters is 1. The number of rotatable bonds is 39. The average molecular weight is 776 g/mol. The first-order valence-electron chi connectivity index (χ1n) is 22.4. The number of amides is 1. The summed E-state index contributed by atoms with van der Waals surface area (Å²) < 4.78 is 5.98. The monoisotopic (exact) mass is 776 g/mol. The first-order valence-corrected chi connectivity index (χ1v) is 22.4. The molecule has 316 valence electrons. The van der Waals surface area contributed by atoms with E-state index < -0.39 is 5.97 Å². The van der Waals surface area contributed by atoms with E-state index >= 15 is 0 Å². The minimum atomic E-state index is -1.03. The van der Waals surface area contributed by atoms with Gasteiger partial charge in [0, 0.05) is 12.8 Å². The lowest BCUT2D eigenvalue weighted by molar-refractivity contribution is -0.149. The summed E-state index contributed by atoms with van der Waals surface area (Å²) in [7, 11) is 0. The van der Waals surface area contributed by atoms with Crippen LogP contribution >= 0.6 is 0 Å². The molecule has 0 aliphatic carbocycles. The van der Waals surface area contributed by atoms with Crippen LogP contribution in [-0.2, 0) is 19.1 Å². The molecule has 0 rings (SSSR count). The Hall–Kier alpha value is -3.67. The molecule has 0 aromatic rings. The van der Waals surface area contributed by atoms with Gasteiger partial charge in [-0.2, -0.15) is 0 Å². The van der Waals surface area contributed by atoms with Crippen LogP contribution in [0.4, 0.5) is 0 Å². The number of allylic oxidation sites excluding steroid dienone is 16. The first-order chi connectivity index (χ1) is 27.5. The highest BCUT2D eigenvalue weighted by atomic mass is 16.5. The number of hydrogen-bond acceptors (Lipinski definition) is 4. The van der Waals surface area contributed by atoms with Crippen molar-refractivity contribution in [2.24, 2.45) is 0 Å². The number of ether oxygens (including phenoxy) is 1. The molecule has 6 nitrogen and oxygen atoms in total. The molecule has 6 heteroatoms. The second-order valence-corrected chi connectivity index (χ2v) is 14.6. The Labute approximate surface area is 343 Å². The number of carbonyl (C=O) groups is 3. The van der Waals surface area contributed by atoms with Crippen LogP contribution in [0.15, 0.2) is 97.2 Å². The van der Waals surface area contributed by atoms with Crippen LogP contribution in [0.3, 0.4) is 0 Å². The normalized spacial score (nSPS) is 13.0. The van der Waals surface area contributed by atoms with Crippen LogP contribution < -0.4 is 5.32 Å². The number of aliphatic carboxylic acids is 1. The molecular formula is C50H81NO5. The molecule has 0 radical (unpaired) electrons. The van der Waals surface area contributed by atoms with Gasteiger partial charge in [-0.1, -0.05) is 162 Å². The number of carboxylic acid groups (broad SMARTS) is 1. The molecule has 1 unspecified atom stereocenters. The van der Waals surface area contributed by atoms with Crippen LogP contribution in [0.2, 0.25) is 0 Å². The highest BCUT2D eigenvalue weighted by Gasteiger charge is 2.14. The van der Waals surface area contributed by atoms with Gasteiger partial charge in [0.25, 0.3) is 0 Å². The molecule has 0 saturated heterocycles. The van der Waals surface area contributed by atoms with Crippen molar-refractivity contribution in [3.63, 3.8) is 0 Å². The van der Waals surface area contributed by atoms with Crippen molar-refractivity contribution in [2.45, 2.75) is 193 Å². The van der Waals surface area contributed by atoms with Gasteiger partial charge < -0.3 is 15.2 Å². The molecule has 56 heavy (non-hydrogen) atoms. The maximum Gasteiger partial charge on any atom is 0.322 e. The Kier molecular flexibility index (Phi) is 41.2. The third-order valence-corrected chi connectivity index (χ3v) is 9.25. The van der Waals surface area contributed by atoms with E-state index in [4.69, 9.17) is 9.84 Å². The standard InChI is InChI=1S/C50H81NO5/c1-3-5-7-9-11-13-15-17-19-20-21-22-24-26-28-30-32-37-41-45-50(55)56-47(43-39-35-33-36-40-44-48(52)51-46-49(53)54)42-38-34-31-29-27-25-23-18-16-14-12-10-8-6-4-2/h5,7,11,13,16-19,21-22,25-28,32,37,47H,3-4,6,8-10,12,14-15,20,23-24,29-31,33-36,38-46H2,1-2H3,(H,51,52)(H,53,54)/b7-5-,13-11-,18-16-,19-17-,22-21-,27-25-,28-26-,37-32-. The minimum Gasteiger partial charge on any atom is -0.480 e. The summed E-state index contributed by atoms with van der Waals surface area (Å²) in [5.41, 5.74) is 0. The number of carboxylic acids is 1. The lowest BCUT2D eigenvalue weighted by Gasteiger charge is -2.18. The Morgan fingerprint density at radius 2 is 0.893 bits per heavy atom. The van der Waals surface area contributed by atoms with E-state index in [1.165, 1.54) is 38.5 Å². The van der Waals surface area contributed by atoms with Crippen LogP contribution in [0.1, 0.15) is 187 Å². The molecule has 0 bridgehead atoms. The van der Waals surface area contributed by atoms with Gasteiger partial charge in [-0.15, -0.1) is 0 Å². The van der Waals surface area contributed by atoms with E-state index in [1.807, 2.05) is 0 Å². The molecule has 0 heterocycles. The molecular weight excluding hydrogens is 695 g/mol. The maximum atomic E-state index is 12.8. The smallest absolute Gasteiger partial charge is 0.322 e. The Morgan fingerprint density at radius 3 is 1.39 bits per heavy atom. The fraction of sp³-hybridized carbons (Fsp3) is 0.620. The van der Waals surface area contributed by atoms with E-state index in [1.54, 1.807) is 0 Å². The number of nitrogens with one attached hydrogen (secondary N) is 1. The summed E-state index contributed by atoms with van der Waals surface area (Å²) in [5.74, 6) is -1.35. The number of unbranched alkanes of at least 4 members (excludes halogenated alkanes) is 12. The van der Waals surface area contributed by atoms with Gasteiger partial charge in [-0.3, -0.25) is 14.4 Å². The average Bonchev–Trinajstić information content (AvgIpc) is 3.18. The Balaban J connectivity index is 4.39. The third-order valence-electron chi connectivity index (χ3n) is 9.25. The van der Waals surface area contributed by atoms with E-state index in [9.17, 15) is 14.4 Å². The lowest BCUT2D eigenvalue weighted by Crippen LogP contribution is -2.28. The summed E-state index contributed by atoms with van der Waals surface area (Å²) in [5, 5.41) is 11.1. The number of hydrogen-bond donors (Lipinski definition) is 2. The first kappa shape index (κ1) is 52.3. The number of carbonyl (C=O) groups excluding carboxylic acids is 2. The van der Waals surface area contributed by atoms with Crippen molar-refractivity contribution in [3.8, 4) is 0 Å². The third kappa shape index (κ3) is 43.1. The van der Waals surface area contributed by atoms with Gasteiger partial charge >= 0.3 is 11.9 Å². The van der Waals surface area contributed by atoms with Gasteiger partial charge in [-0.05, 0) is 109 Å². The van der Waals surface area contributed by atoms with Gasteiger partial charge in [0.1, 0.15) is 12.6 Å². The quantitative estimate of drug-likeness (QED) is 0.0368. The second-order valence-electron chi connectivity index (χ2n) is 14.6. The molecule has 0 aromatic carbocycles. The second kappa shape index (κ2) is 44.0. The van der Waals surface area contributed by atoms with Gasteiger partial charge in [0.05, 0.1) is 0 Å². The SMILES string of the molecule is CC/C=C\C/C=C\C/C=C\C/C=C\C/C=C\C/C=C\CCC(=O)OC(CCCCC/C=C\C/C=C\CCCCCCC)CCCCCCCC(=O)NCC(=O)O. The predicted octanol–water partition coefficient (Wildman–Crippen LogP) is 14.1. The zero-order valence-corrected chi connectivity index (χ0v) is 35.7. The van der Waals surface area contributed by atoms with Crippen LogP contribution in [-0.4, -0.2) is 35.6 Å². The Morgan fingerprint density at radius 1 is 0.482 bits per heavy atom. The van der Waals surface area contributed by atoms with Crippen LogP contribution in [0, 0.1) is 0 Å². The largest absolute Gasteiger partial charge is 0.480 e. The summed E-state index contributed by atoms with van der Waals surface area (Å²) in [4.78, 5) is 35.1. The van der Waals surface area contributed by atoms with Crippen molar-refractivity contribution >= 4 is 17.8 Å². The van der Waals surface area contributed by atoms with Crippen molar-refractivity contribution in [1.82, 2.24) is 5.32 Å². The molecule has 0 spiro atoms. The molecule has 2 N–H and O–H groups in total. The van der Waals surface area contributed by atoms with Gasteiger partial charge in [0.15, 0.2) is 0 Å². The van der Waals surface area contributed by atoms with E-state index in [2.05, 4.69) is 116 Å². The summed E-state index contributed by atoms with van der Waals surface area (Å²) in [6.45, 7) is 4.08. The zero-order valence-electron chi connectivity index (χ0n) is 35.7. The van der Waals surface area contributed by atoms with Crippen molar-refractivity contribution in [3.05, 3.63) is 97.2 Å². The summed E-state index contributed by atoms with van der Waals surface area (Å²) >= 11 is 0. The fourth-order valence-electron chi connectivity index (χ4n) is 5.98. The highest BCUT2D eigenvalue weighted by Crippen LogP contribution is 2.18. The molecule has 0 aromatic heterocycles.